The Morgan fingerprint density at radius 2 is 1.92 bits per heavy atom. The molecule has 0 aliphatic carbocycles. The lowest BCUT2D eigenvalue weighted by Gasteiger charge is -2.05. The Kier molecular flexibility index (Phi) is 1.99. The Hall–Kier alpha value is -1.58. The van der Waals surface area contributed by atoms with E-state index < -0.39 is 0 Å². The van der Waals surface area contributed by atoms with Gasteiger partial charge in [0.2, 0.25) is 0 Å². The van der Waals surface area contributed by atoms with Gasteiger partial charge in [0.05, 0.1) is 0 Å². The number of hydrogen-bond acceptors (Lipinski definition) is 4. The summed E-state index contributed by atoms with van der Waals surface area (Å²) in [5.41, 5.74) is 0.984. The molecular formula is C8H9NO3. The number of aryl methyl sites for hydroxylation is 1. The van der Waals surface area contributed by atoms with Crippen molar-refractivity contribution in [2.24, 2.45) is 5.18 Å². The number of phenolic OH excluding ortho intramolecular Hbond substituents is 2. The minimum atomic E-state index is -0.293. The van der Waals surface area contributed by atoms with Gasteiger partial charge in [-0.3, -0.25) is 0 Å². The highest BCUT2D eigenvalue weighted by Gasteiger charge is 2.12. The predicted molar refractivity (Wildman–Crippen MR) is 44.7 cm³/mol. The summed E-state index contributed by atoms with van der Waals surface area (Å²) in [6.45, 7) is 3.38. The van der Waals surface area contributed by atoms with Crippen LogP contribution in [0.4, 0.5) is 5.69 Å². The van der Waals surface area contributed by atoms with Crippen LogP contribution in [0.2, 0.25) is 0 Å². The standard InChI is InChI=1S/C8H9NO3/c1-4-3-6(10)7(9-12)8(11)5(4)2/h3,10-11H,1-2H3. The summed E-state index contributed by atoms with van der Waals surface area (Å²) in [5.74, 6) is -0.534. The molecule has 12 heavy (non-hydrogen) atoms. The quantitative estimate of drug-likeness (QED) is 0.629. The fourth-order valence-corrected chi connectivity index (χ4v) is 0.957. The molecule has 4 heteroatoms. The van der Waals surface area contributed by atoms with Crippen LogP contribution in [0.3, 0.4) is 0 Å². The van der Waals surface area contributed by atoms with Crippen LogP contribution in [0, 0.1) is 18.8 Å². The zero-order valence-corrected chi connectivity index (χ0v) is 6.83. The average molecular weight is 167 g/mol. The first-order valence-corrected chi connectivity index (χ1v) is 3.43. The minimum absolute atomic E-state index is 0.248. The van der Waals surface area contributed by atoms with Gasteiger partial charge in [0, 0.05) is 0 Å². The molecule has 1 aromatic rings. The third kappa shape index (κ3) is 1.11. The molecule has 2 N–H and O–H groups in total. The van der Waals surface area contributed by atoms with E-state index in [4.69, 9.17) is 5.11 Å². The lowest BCUT2D eigenvalue weighted by molar-refractivity contribution is 0.450. The normalized spacial score (nSPS) is 9.83. The topological polar surface area (TPSA) is 69.9 Å². The van der Waals surface area contributed by atoms with Gasteiger partial charge in [-0.2, -0.15) is 0 Å². The van der Waals surface area contributed by atoms with E-state index in [1.807, 2.05) is 0 Å². The van der Waals surface area contributed by atoms with Gasteiger partial charge in [-0.15, -0.1) is 4.91 Å². The second-order valence-corrected chi connectivity index (χ2v) is 2.63. The van der Waals surface area contributed by atoms with Crippen LogP contribution < -0.4 is 0 Å². The lowest BCUT2D eigenvalue weighted by Crippen LogP contribution is -1.82. The van der Waals surface area contributed by atoms with Gasteiger partial charge in [-0.05, 0) is 36.2 Å². The molecule has 0 spiro atoms. The minimum Gasteiger partial charge on any atom is -0.505 e. The summed E-state index contributed by atoms with van der Waals surface area (Å²) in [5, 5.41) is 21.0. The second kappa shape index (κ2) is 2.81. The number of nitrogens with zero attached hydrogens (tertiary/aromatic N) is 1. The lowest BCUT2D eigenvalue weighted by atomic mass is 10.1. The maximum Gasteiger partial charge on any atom is 0.191 e. The first kappa shape index (κ1) is 8.52. The van der Waals surface area contributed by atoms with Crippen LogP contribution >= 0.6 is 0 Å². The van der Waals surface area contributed by atoms with Crippen molar-refractivity contribution in [3.8, 4) is 11.5 Å². The number of rotatable bonds is 1. The van der Waals surface area contributed by atoms with Crippen LogP contribution in [0.15, 0.2) is 11.2 Å². The van der Waals surface area contributed by atoms with E-state index in [2.05, 4.69) is 5.18 Å². The van der Waals surface area contributed by atoms with Gasteiger partial charge in [-0.25, -0.2) is 0 Å². The van der Waals surface area contributed by atoms with Gasteiger partial charge in [0.25, 0.3) is 0 Å². The zero-order valence-electron chi connectivity index (χ0n) is 6.83. The molecule has 4 nitrogen and oxygen atoms in total. The first-order chi connectivity index (χ1) is 5.57. The van der Waals surface area contributed by atoms with E-state index >= 15 is 0 Å². The zero-order chi connectivity index (χ0) is 9.30. The Labute approximate surface area is 69.4 Å². The van der Waals surface area contributed by atoms with Crippen LogP contribution in [0.1, 0.15) is 11.1 Å². The molecule has 0 saturated heterocycles. The Bertz CT molecular complexity index is 334. The summed E-state index contributed by atoms with van der Waals surface area (Å²) in [4.78, 5) is 10.1. The van der Waals surface area contributed by atoms with Crippen LogP contribution in [0.25, 0.3) is 0 Å². The average Bonchev–Trinajstić information content (AvgIpc) is 2.01. The molecule has 0 heterocycles. The van der Waals surface area contributed by atoms with Crippen molar-refractivity contribution in [2.45, 2.75) is 13.8 Å². The molecule has 0 radical (unpaired) electrons. The fourth-order valence-electron chi connectivity index (χ4n) is 0.957. The first-order valence-electron chi connectivity index (χ1n) is 3.43. The fraction of sp³-hybridized carbons (Fsp3) is 0.250. The molecule has 1 rings (SSSR count). The van der Waals surface area contributed by atoms with Crippen LogP contribution in [-0.2, 0) is 0 Å². The molecule has 1 aromatic carbocycles. The summed E-state index contributed by atoms with van der Waals surface area (Å²) in [6.07, 6.45) is 0. The summed E-state index contributed by atoms with van der Waals surface area (Å²) in [6, 6.07) is 1.39. The Balaban J connectivity index is 3.51. The summed E-state index contributed by atoms with van der Waals surface area (Å²) in [7, 11) is 0. The molecule has 0 unspecified atom stereocenters. The van der Waals surface area contributed by atoms with E-state index in [1.165, 1.54) is 6.07 Å². The van der Waals surface area contributed by atoms with Crippen LogP contribution in [0.5, 0.6) is 11.5 Å². The number of phenols is 2. The SMILES string of the molecule is Cc1cc(O)c(N=O)c(O)c1C. The highest BCUT2D eigenvalue weighted by atomic mass is 16.3. The van der Waals surface area contributed by atoms with E-state index in [1.54, 1.807) is 13.8 Å². The molecule has 0 aliphatic rings. The third-order valence-electron chi connectivity index (χ3n) is 1.86. The van der Waals surface area contributed by atoms with Crippen molar-refractivity contribution in [3.63, 3.8) is 0 Å². The van der Waals surface area contributed by atoms with Gasteiger partial charge in [-0.1, -0.05) is 0 Å². The highest BCUT2D eigenvalue weighted by molar-refractivity contribution is 5.65. The molecule has 0 amide bonds. The van der Waals surface area contributed by atoms with Crippen molar-refractivity contribution in [3.05, 3.63) is 22.1 Å². The van der Waals surface area contributed by atoms with Crippen LogP contribution in [-0.4, -0.2) is 10.2 Å². The van der Waals surface area contributed by atoms with E-state index in [9.17, 15) is 10.0 Å². The molecule has 64 valence electrons. The van der Waals surface area contributed by atoms with Gasteiger partial charge in [0.15, 0.2) is 11.4 Å². The molecule has 0 saturated carbocycles. The number of benzene rings is 1. The third-order valence-corrected chi connectivity index (χ3v) is 1.86. The van der Waals surface area contributed by atoms with Gasteiger partial charge >= 0.3 is 0 Å². The maximum atomic E-state index is 10.1. The van der Waals surface area contributed by atoms with Gasteiger partial charge in [0.1, 0.15) is 5.75 Å². The molecule has 0 aromatic heterocycles. The van der Waals surface area contributed by atoms with Crippen molar-refractivity contribution in [2.75, 3.05) is 0 Å². The summed E-state index contributed by atoms with van der Waals surface area (Å²) < 4.78 is 0. The predicted octanol–water partition coefficient (Wildman–Crippen LogP) is 2.11. The van der Waals surface area contributed by atoms with Crippen molar-refractivity contribution in [1.82, 2.24) is 0 Å². The Morgan fingerprint density at radius 3 is 2.42 bits per heavy atom. The van der Waals surface area contributed by atoms with Crippen molar-refractivity contribution >= 4 is 5.69 Å². The van der Waals surface area contributed by atoms with Crippen molar-refractivity contribution in [1.29, 1.82) is 0 Å². The van der Waals surface area contributed by atoms with E-state index in [0.717, 1.165) is 5.56 Å². The number of nitroso groups, excluding NO2 is 1. The molecule has 0 bridgehead atoms. The Morgan fingerprint density at radius 1 is 1.33 bits per heavy atom. The van der Waals surface area contributed by atoms with Crippen molar-refractivity contribution < 1.29 is 10.2 Å². The second-order valence-electron chi connectivity index (χ2n) is 2.63. The van der Waals surface area contributed by atoms with E-state index in [0.29, 0.717) is 5.56 Å². The van der Waals surface area contributed by atoms with Gasteiger partial charge < -0.3 is 10.2 Å². The molecule has 0 fully saturated rings. The summed E-state index contributed by atoms with van der Waals surface area (Å²) >= 11 is 0. The largest absolute Gasteiger partial charge is 0.505 e. The number of aromatic hydroxyl groups is 2. The monoisotopic (exact) mass is 167 g/mol. The smallest absolute Gasteiger partial charge is 0.191 e. The molecule has 0 atom stereocenters. The molecular weight excluding hydrogens is 158 g/mol. The maximum absolute atomic E-state index is 10.1. The molecule has 0 aliphatic heterocycles. The number of hydrogen-bond donors (Lipinski definition) is 2. The van der Waals surface area contributed by atoms with E-state index in [-0.39, 0.29) is 17.2 Å². The highest BCUT2D eigenvalue weighted by Crippen LogP contribution is 2.39.